The number of aliphatic hydroxyl groups excluding tert-OH is 1. The summed E-state index contributed by atoms with van der Waals surface area (Å²) < 4.78 is 0. The third-order valence-corrected chi connectivity index (χ3v) is 3.07. The van der Waals surface area contributed by atoms with Gasteiger partial charge in [0.2, 0.25) is 5.95 Å². The van der Waals surface area contributed by atoms with E-state index in [0.29, 0.717) is 17.8 Å². The lowest BCUT2D eigenvalue weighted by molar-refractivity contribution is 0.189. The Labute approximate surface area is 95.1 Å². The van der Waals surface area contributed by atoms with Gasteiger partial charge in [-0.05, 0) is 26.8 Å². The summed E-state index contributed by atoms with van der Waals surface area (Å²) in [4.78, 5) is 6.42. The van der Waals surface area contributed by atoms with E-state index >= 15 is 0 Å². The number of anilines is 1. The highest BCUT2D eigenvalue weighted by Crippen LogP contribution is 2.17. The van der Waals surface area contributed by atoms with Crippen LogP contribution in [0.2, 0.25) is 0 Å². The molecular formula is C10H19N5O. The largest absolute Gasteiger partial charge is 0.385 e. The molecule has 0 aliphatic carbocycles. The zero-order valence-electron chi connectivity index (χ0n) is 9.77. The lowest BCUT2D eigenvalue weighted by Crippen LogP contribution is -2.41. The lowest BCUT2D eigenvalue weighted by Gasteiger charge is -2.30. The Morgan fingerprint density at radius 1 is 1.50 bits per heavy atom. The van der Waals surface area contributed by atoms with Gasteiger partial charge in [-0.2, -0.15) is 4.98 Å². The van der Waals surface area contributed by atoms with Crippen molar-refractivity contribution in [3.63, 3.8) is 0 Å². The van der Waals surface area contributed by atoms with Gasteiger partial charge in [0.25, 0.3) is 0 Å². The monoisotopic (exact) mass is 225 g/mol. The minimum Gasteiger partial charge on any atom is -0.385 e. The zero-order valence-corrected chi connectivity index (χ0v) is 9.77. The van der Waals surface area contributed by atoms with Gasteiger partial charge < -0.3 is 15.3 Å². The summed E-state index contributed by atoms with van der Waals surface area (Å²) in [6.07, 6.45) is 1.63. The lowest BCUT2D eigenvalue weighted by atomic mass is 10.1. The van der Waals surface area contributed by atoms with Gasteiger partial charge in [-0.15, -0.1) is 5.10 Å². The van der Waals surface area contributed by atoms with E-state index in [1.165, 1.54) is 0 Å². The highest BCUT2D eigenvalue weighted by atomic mass is 16.3. The molecule has 2 heterocycles. The molecule has 0 spiro atoms. The van der Waals surface area contributed by atoms with E-state index in [0.717, 1.165) is 25.9 Å². The van der Waals surface area contributed by atoms with Gasteiger partial charge >= 0.3 is 0 Å². The van der Waals surface area contributed by atoms with Crippen molar-refractivity contribution in [2.24, 2.45) is 0 Å². The summed E-state index contributed by atoms with van der Waals surface area (Å²) in [6.45, 7) is 3.60. The summed E-state index contributed by atoms with van der Waals surface area (Å²) in [6, 6.07) is 0.603. The number of nitrogens with one attached hydrogen (secondary N) is 2. The van der Waals surface area contributed by atoms with E-state index in [2.05, 4.69) is 25.4 Å². The van der Waals surface area contributed by atoms with Gasteiger partial charge in [-0.3, -0.25) is 5.10 Å². The summed E-state index contributed by atoms with van der Waals surface area (Å²) in [7, 11) is 2.00. The topological polar surface area (TPSA) is 77.1 Å². The average molecular weight is 225 g/mol. The molecule has 1 fully saturated rings. The van der Waals surface area contributed by atoms with E-state index < -0.39 is 6.10 Å². The number of piperidine rings is 1. The Morgan fingerprint density at radius 2 is 2.19 bits per heavy atom. The SMILES string of the molecule is CNC1CCN(c2n[nH]c([C@H](C)O)n2)CC1. The van der Waals surface area contributed by atoms with Gasteiger partial charge in [-0.1, -0.05) is 0 Å². The van der Waals surface area contributed by atoms with Crippen LogP contribution in [0.15, 0.2) is 0 Å². The summed E-state index contributed by atoms with van der Waals surface area (Å²) in [5.41, 5.74) is 0. The molecule has 16 heavy (non-hydrogen) atoms. The zero-order chi connectivity index (χ0) is 11.5. The molecule has 3 N–H and O–H groups in total. The van der Waals surface area contributed by atoms with Gasteiger partial charge in [0, 0.05) is 19.1 Å². The number of aromatic amines is 1. The number of rotatable bonds is 3. The van der Waals surface area contributed by atoms with Crippen LogP contribution < -0.4 is 10.2 Å². The fourth-order valence-electron chi connectivity index (χ4n) is 1.96. The maximum absolute atomic E-state index is 9.35. The van der Waals surface area contributed by atoms with Crippen molar-refractivity contribution < 1.29 is 5.11 Å². The second-order valence-electron chi connectivity index (χ2n) is 4.25. The number of aromatic nitrogens is 3. The summed E-state index contributed by atoms with van der Waals surface area (Å²) >= 11 is 0. The quantitative estimate of drug-likeness (QED) is 0.677. The average Bonchev–Trinajstić information content (AvgIpc) is 2.78. The molecule has 2 rings (SSSR count). The molecule has 0 radical (unpaired) electrons. The number of hydrogen-bond donors (Lipinski definition) is 3. The highest BCUT2D eigenvalue weighted by Gasteiger charge is 2.21. The summed E-state index contributed by atoms with van der Waals surface area (Å²) in [5.74, 6) is 1.23. The van der Waals surface area contributed by atoms with Crippen LogP contribution in [-0.2, 0) is 0 Å². The third-order valence-electron chi connectivity index (χ3n) is 3.07. The van der Waals surface area contributed by atoms with Crippen LogP contribution in [0, 0.1) is 0 Å². The standard InChI is InChI=1S/C10H19N5O/c1-7(16)9-12-10(14-13-9)15-5-3-8(11-2)4-6-15/h7-8,11,16H,3-6H2,1-2H3,(H,12,13,14)/t7-/m0/s1. The maximum atomic E-state index is 9.35. The number of H-pyrrole nitrogens is 1. The van der Waals surface area contributed by atoms with E-state index in [4.69, 9.17) is 0 Å². The Morgan fingerprint density at radius 3 is 2.69 bits per heavy atom. The molecule has 1 saturated heterocycles. The van der Waals surface area contributed by atoms with E-state index in [1.807, 2.05) is 7.05 Å². The normalized spacial score (nSPS) is 20.1. The number of nitrogens with zero attached hydrogens (tertiary/aromatic N) is 3. The Hall–Kier alpha value is -1.14. The number of aliphatic hydroxyl groups is 1. The molecule has 1 aromatic heterocycles. The van der Waals surface area contributed by atoms with Crippen molar-refractivity contribution in [1.82, 2.24) is 20.5 Å². The predicted molar refractivity (Wildman–Crippen MR) is 61.3 cm³/mol. The van der Waals surface area contributed by atoms with Crippen LogP contribution in [0.3, 0.4) is 0 Å². The van der Waals surface area contributed by atoms with Crippen LogP contribution in [0.4, 0.5) is 5.95 Å². The fraction of sp³-hybridized carbons (Fsp3) is 0.800. The van der Waals surface area contributed by atoms with Crippen molar-refractivity contribution in [2.75, 3.05) is 25.0 Å². The minimum absolute atomic E-state index is 0.533. The smallest absolute Gasteiger partial charge is 0.244 e. The van der Waals surface area contributed by atoms with Crippen molar-refractivity contribution in [2.45, 2.75) is 31.9 Å². The molecule has 0 saturated carbocycles. The fourth-order valence-corrected chi connectivity index (χ4v) is 1.96. The molecule has 0 bridgehead atoms. The first-order valence-corrected chi connectivity index (χ1v) is 5.73. The molecule has 0 unspecified atom stereocenters. The Balaban J connectivity index is 1.97. The maximum Gasteiger partial charge on any atom is 0.244 e. The number of hydrogen-bond acceptors (Lipinski definition) is 5. The van der Waals surface area contributed by atoms with Crippen LogP contribution in [0.25, 0.3) is 0 Å². The first kappa shape index (κ1) is 11.3. The second-order valence-corrected chi connectivity index (χ2v) is 4.25. The van der Waals surface area contributed by atoms with Gasteiger partial charge in [0.1, 0.15) is 6.10 Å². The Bertz CT molecular complexity index is 330. The molecule has 0 aromatic carbocycles. The van der Waals surface area contributed by atoms with Gasteiger partial charge in [0.05, 0.1) is 0 Å². The van der Waals surface area contributed by atoms with Crippen LogP contribution in [-0.4, -0.2) is 46.5 Å². The van der Waals surface area contributed by atoms with Gasteiger partial charge in [-0.25, -0.2) is 0 Å². The van der Waals surface area contributed by atoms with Crippen LogP contribution >= 0.6 is 0 Å². The van der Waals surface area contributed by atoms with Crippen LogP contribution in [0.5, 0.6) is 0 Å². The highest BCUT2D eigenvalue weighted by molar-refractivity contribution is 5.29. The molecule has 1 atom stereocenters. The molecule has 1 aliphatic heterocycles. The molecule has 6 heteroatoms. The first-order chi connectivity index (χ1) is 7.70. The Kier molecular flexibility index (Phi) is 3.40. The molecule has 0 amide bonds. The second kappa shape index (κ2) is 4.80. The van der Waals surface area contributed by atoms with Gasteiger partial charge in [0.15, 0.2) is 5.82 Å². The molecule has 1 aliphatic rings. The molecule has 90 valence electrons. The van der Waals surface area contributed by atoms with E-state index in [1.54, 1.807) is 6.92 Å². The van der Waals surface area contributed by atoms with Crippen LogP contribution in [0.1, 0.15) is 31.7 Å². The molecular weight excluding hydrogens is 206 g/mol. The van der Waals surface area contributed by atoms with Crippen molar-refractivity contribution in [3.8, 4) is 0 Å². The van der Waals surface area contributed by atoms with Crippen molar-refractivity contribution >= 4 is 5.95 Å². The summed E-state index contributed by atoms with van der Waals surface area (Å²) in [5, 5.41) is 19.5. The third kappa shape index (κ3) is 2.33. The van der Waals surface area contributed by atoms with Crippen molar-refractivity contribution in [1.29, 1.82) is 0 Å². The minimum atomic E-state index is -0.587. The molecule has 1 aromatic rings. The predicted octanol–water partition coefficient (Wildman–Crippen LogP) is 0.0462. The molecule has 6 nitrogen and oxygen atoms in total. The van der Waals surface area contributed by atoms with E-state index in [-0.39, 0.29) is 0 Å². The van der Waals surface area contributed by atoms with E-state index in [9.17, 15) is 5.11 Å². The first-order valence-electron chi connectivity index (χ1n) is 5.73. The van der Waals surface area contributed by atoms with Crippen molar-refractivity contribution in [3.05, 3.63) is 5.82 Å².